The summed E-state index contributed by atoms with van der Waals surface area (Å²) < 4.78 is 5.17. The van der Waals surface area contributed by atoms with Crippen LogP contribution in [-0.2, 0) is 9.53 Å². The van der Waals surface area contributed by atoms with Gasteiger partial charge in [-0.1, -0.05) is 50.3 Å². The topological polar surface area (TPSA) is 46.5 Å². The first kappa shape index (κ1) is 16.4. The summed E-state index contributed by atoms with van der Waals surface area (Å²) in [4.78, 5) is 11.4. The molecular formula is C17H24O3. The van der Waals surface area contributed by atoms with Gasteiger partial charge in [-0.15, -0.1) is 0 Å². The van der Waals surface area contributed by atoms with Crippen molar-refractivity contribution in [2.24, 2.45) is 11.8 Å². The summed E-state index contributed by atoms with van der Waals surface area (Å²) in [6.45, 7) is 9.89. The number of aliphatic hydroxyl groups is 1. The molecule has 1 rings (SSSR count). The van der Waals surface area contributed by atoms with Gasteiger partial charge in [0.25, 0.3) is 0 Å². The predicted octanol–water partition coefficient (Wildman–Crippen LogP) is 3.21. The number of hydrogen-bond donors (Lipinski definition) is 1. The number of carbonyl (C=O) groups excluding carboxylic acids is 1. The molecule has 1 aromatic rings. The average molecular weight is 276 g/mol. The second kappa shape index (κ2) is 7.85. The Labute approximate surface area is 121 Å². The van der Waals surface area contributed by atoms with Crippen LogP contribution in [0.25, 0.3) is 5.57 Å². The Morgan fingerprint density at radius 3 is 2.40 bits per heavy atom. The molecule has 0 amide bonds. The Morgan fingerprint density at radius 2 is 1.90 bits per heavy atom. The summed E-state index contributed by atoms with van der Waals surface area (Å²) in [5.74, 6) is -0.481. The fourth-order valence-corrected chi connectivity index (χ4v) is 1.80. The molecule has 1 N–H and O–H groups in total. The molecule has 0 aromatic heterocycles. The molecule has 0 aliphatic rings. The van der Waals surface area contributed by atoms with Crippen LogP contribution in [0.1, 0.15) is 31.4 Å². The lowest BCUT2D eigenvalue weighted by atomic mass is 9.96. The van der Waals surface area contributed by atoms with Gasteiger partial charge in [-0.2, -0.15) is 0 Å². The Bertz CT molecular complexity index is 446. The highest BCUT2D eigenvalue weighted by atomic mass is 16.5. The van der Waals surface area contributed by atoms with E-state index in [0.717, 1.165) is 11.1 Å². The van der Waals surface area contributed by atoms with E-state index in [0.29, 0.717) is 6.42 Å². The summed E-state index contributed by atoms with van der Waals surface area (Å²) >= 11 is 0. The maximum absolute atomic E-state index is 11.4. The first-order valence-corrected chi connectivity index (χ1v) is 6.96. The van der Waals surface area contributed by atoms with Gasteiger partial charge in [0.05, 0.1) is 12.5 Å². The zero-order chi connectivity index (χ0) is 15.1. The van der Waals surface area contributed by atoms with Crippen molar-refractivity contribution in [1.82, 2.24) is 0 Å². The number of esters is 1. The van der Waals surface area contributed by atoms with Crippen LogP contribution in [0.4, 0.5) is 0 Å². The Hall–Kier alpha value is -1.61. The van der Waals surface area contributed by atoms with Crippen LogP contribution in [0, 0.1) is 18.8 Å². The van der Waals surface area contributed by atoms with Crippen LogP contribution in [0.5, 0.6) is 0 Å². The third-order valence-corrected chi connectivity index (χ3v) is 3.19. The lowest BCUT2D eigenvalue weighted by Gasteiger charge is -2.17. The first-order chi connectivity index (χ1) is 9.43. The van der Waals surface area contributed by atoms with Gasteiger partial charge in [-0.05, 0) is 24.5 Å². The van der Waals surface area contributed by atoms with Gasteiger partial charge in [0.1, 0.15) is 0 Å². The third-order valence-electron chi connectivity index (χ3n) is 3.19. The summed E-state index contributed by atoms with van der Waals surface area (Å²) in [7, 11) is 0. The van der Waals surface area contributed by atoms with E-state index in [9.17, 15) is 9.90 Å². The van der Waals surface area contributed by atoms with E-state index < -0.39 is 0 Å². The second-order valence-electron chi connectivity index (χ2n) is 5.51. The van der Waals surface area contributed by atoms with Crippen LogP contribution in [0.3, 0.4) is 0 Å². The number of aryl methyl sites for hydroxylation is 1. The van der Waals surface area contributed by atoms with Crippen LogP contribution in [0.15, 0.2) is 30.8 Å². The zero-order valence-electron chi connectivity index (χ0n) is 12.6. The van der Waals surface area contributed by atoms with Crippen molar-refractivity contribution in [3.05, 3.63) is 42.0 Å². The lowest BCUT2D eigenvalue weighted by Crippen LogP contribution is -2.20. The normalized spacial score (nSPS) is 12.2. The summed E-state index contributed by atoms with van der Waals surface area (Å²) in [5.41, 5.74) is 3.21. The standard InChI is InChI=1S/C17H24O3/c1-12(2)17(19)20-11-15(10-18)9-14(4)16-7-5-13(3)6-8-16/h5-8,12,15,18H,4,9-11H2,1-3H3/t15-/m0/s1. The highest BCUT2D eigenvalue weighted by Crippen LogP contribution is 2.21. The smallest absolute Gasteiger partial charge is 0.308 e. The summed E-state index contributed by atoms with van der Waals surface area (Å²) in [5, 5.41) is 9.39. The highest BCUT2D eigenvalue weighted by molar-refractivity contribution is 5.71. The number of allylic oxidation sites excluding steroid dienone is 1. The molecule has 0 aliphatic carbocycles. The van der Waals surface area contributed by atoms with Crippen molar-refractivity contribution in [2.45, 2.75) is 27.2 Å². The van der Waals surface area contributed by atoms with Gasteiger partial charge in [-0.3, -0.25) is 4.79 Å². The molecule has 0 radical (unpaired) electrons. The molecule has 3 heteroatoms. The van der Waals surface area contributed by atoms with Crippen LogP contribution in [-0.4, -0.2) is 24.3 Å². The number of aliphatic hydroxyl groups excluding tert-OH is 1. The molecule has 0 heterocycles. The Balaban J connectivity index is 2.53. The predicted molar refractivity (Wildman–Crippen MR) is 81.2 cm³/mol. The average Bonchev–Trinajstić information content (AvgIpc) is 2.43. The molecule has 20 heavy (non-hydrogen) atoms. The molecule has 0 spiro atoms. The minimum Gasteiger partial charge on any atom is -0.465 e. The van der Waals surface area contributed by atoms with Gasteiger partial charge in [0.2, 0.25) is 0 Å². The fraction of sp³-hybridized carbons (Fsp3) is 0.471. The Morgan fingerprint density at radius 1 is 1.30 bits per heavy atom. The lowest BCUT2D eigenvalue weighted by molar-refractivity contribution is -0.149. The Kier molecular flexibility index (Phi) is 6.46. The fourth-order valence-electron chi connectivity index (χ4n) is 1.80. The maximum atomic E-state index is 11.4. The second-order valence-corrected chi connectivity index (χ2v) is 5.51. The van der Waals surface area contributed by atoms with Crippen molar-refractivity contribution < 1.29 is 14.6 Å². The van der Waals surface area contributed by atoms with Crippen LogP contribution in [0.2, 0.25) is 0 Å². The van der Waals surface area contributed by atoms with Gasteiger partial charge in [0.15, 0.2) is 0 Å². The van der Waals surface area contributed by atoms with Gasteiger partial charge < -0.3 is 9.84 Å². The van der Waals surface area contributed by atoms with Crippen molar-refractivity contribution in [3.8, 4) is 0 Å². The summed E-state index contributed by atoms with van der Waals surface area (Å²) in [6, 6.07) is 8.11. The van der Waals surface area contributed by atoms with Crippen molar-refractivity contribution in [3.63, 3.8) is 0 Å². The van der Waals surface area contributed by atoms with E-state index in [1.54, 1.807) is 13.8 Å². The van der Waals surface area contributed by atoms with Crippen molar-refractivity contribution in [2.75, 3.05) is 13.2 Å². The molecule has 0 saturated heterocycles. The van der Waals surface area contributed by atoms with Crippen LogP contribution >= 0.6 is 0 Å². The molecule has 1 aromatic carbocycles. The zero-order valence-corrected chi connectivity index (χ0v) is 12.6. The van der Waals surface area contributed by atoms with Crippen LogP contribution < -0.4 is 0 Å². The van der Waals surface area contributed by atoms with E-state index in [-0.39, 0.29) is 31.0 Å². The van der Waals surface area contributed by atoms with Crippen molar-refractivity contribution >= 4 is 11.5 Å². The molecule has 0 saturated carbocycles. The SMILES string of the molecule is C=C(C[C@@H](CO)COC(=O)C(C)C)c1ccc(C)cc1. The molecule has 0 fully saturated rings. The number of hydrogen-bond acceptors (Lipinski definition) is 3. The monoisotopic (exact) mass is 276 g/mol. The van der Waals surface area contributed by atoms with E-state index in [1.165, 1.54) is 5.56 Å². The molecule has 0 unspecified atom stereocenters. The minimum atomic E-state index is -0.232. The maximum Gasteiger partial charge on any atom is 0.308 e. The number of rotatable bonds is 7. The molecular weight excluding hydrogens is 252 g/mol. The number of ether oxygens (including phenoxy) is 1. The van der Waals surface area contributed by atoms with Gasteiger partial charge in [-0.25, -0.2) is 0 Å². The molecule has 1 atom stereocenters. The quantitative estimate of drug-likeness (QED) is 0.778. The number of benzene rings is 1. The van der Waals surface area contributed by atoms with Gasteiger partial charge in [0, 0.05) is 12.5 Å². The minimum absolute atomic E-state index is 0.0176. The summed E-state index contributed by atoms with van der Waals surface area (Å²) in [6.07, 6.45) is 0.616. The largest absolute Gasteiger partial charge is 0.465 e. The van der Waals surface area contributed by atoms with E-state index in [2.05, 4.69) is 6.58 Å². The highest BCUT2D eigenvalue weighted by Gasteiger charge is 2.15. The molecule has 3 nitrogen and oxygen atoms in total. The third kappa shape index (κ3) is 5.17. The first-order valence-electron chi connectivity index (χ1n) is 6.96. The van der Waals surface area contributed by atoms with E-state index in [1.807, 2.05) is 31.2 Å². The molecule has 110 valence electrons. The van der Waals surface area contributed by atoms with E-state index >= 15 is 0 Å². The number of carbonyl (C=O) groups is 1. The van der Waals surface area contributed by atoms with Gasteiger partial charge >= 0.3 is 5.97 Å². The van der Waals surface area contributed by atoms with Crippen molar-refractivity contribution in [1.29, 1.82) is 0 Å². The molecule has 0 bridgehead atoms. The molecule has 0 aliphatic heterocycles. The van der Waals surface area contributed by atoms with E-state index in [4.69, 9.17) is 4.74 Å².